The average molecular weight is 661 g/mol. The number of carbonyl (C=O) groups excluding carboxylic acids is 3. The van der Waals surface area contributed by atoms with Crippen molar-refractivity contribution in [1.29, 1.82) is 0 Å². The summed E-state index contributed by atoms with van der Waals surface area (Å²) in [4.78, 5) is 54.9. The van der Waals surface area contributed by atoms with E-state index >= 15 is 0 Å². The summed E-state index contributed by atoms with van der Waals surface area (Å²) in [6.07, 6.45) is 5.36. The van der Waals surface area contributed by atoms with E-state index in [2.05, 4.69) is 15.3 Å². The predicted molar refractivity (Wildman–Crippen MR) is 180 cm³/mol. The number of methoxy groups -OCH3 is 2. The molecule has 0 radical (unpaired) electrons. The van der Waals surface area contributed by atoms with Gasteiger partial charge in [-0.3, -0.25) is 29.3 Å². The number of carbonyl (C=O) groups is 3. The van der Waals surface area contributed by atoms with Gasteiger partial charge in [0.1, 0.15) is 12.1 Å². The highest BCUT2D eigenvalue weighted by molar-refractivity contribution is 8.18. The molecule has 3 aromatic rings. The average Bonchev–Trinajstić information content (AvgIpc) is 3.35. The number of guanidine groups is 1. The first-order valence-electron chi connectivity index (χ1n) is 14.5. The molecule has 1 fully saturated rings. The van der Waals surface area contributed by atoms with E-state index in [1.54, 1.807) is 67.0 Å². The number of benzene rings is 2. The van der Waals surface area contributed by atoms with Gasteiger partial charge in [0.15, 0.2) is 22.6 Å². The monoisotopic (exact) mass is 660 g/mol. The number of primary amides is 1. The fourth-order valence-corrected chi connectivity index (χ4v) is 5.74. The van der Waals surface area contributed by atoms with E-state index in [0.29, 0.717) is 23.2 Å². The number of nitrogens with one attached hydrogen (secondary N) is 1. The van der Waals surface area contributed by atoms with Gasteiger partial charge in [0.25, 0.3) is 5.91 Å². The van der Waals surface area contributed by atoms with Gasteiger partial charge in [0, 0.05) is 25.4 Å². The Hall–Kier alpha value is -5.57. The third-order valence-corrected chi connectivity index (χ3v) is 8.00. The molecule has 47 heavy (non-hydrogen) atoms. The molecule has 8 N–H and O–H groups in total. The summed E-state index contributed by atoms with van der Waals surface area (Å²) in [7, 11) is 2.80. The van der Waals surface area contributed by atoms with Crippen LogP contribution >= 0.6 is 11.8 Å². The predicted octanol–water partition coefficient (Wildman–Crippen LogP) is 2.04. The minimum Gasteiger partial charge on any atom is -0.502 e. The standard InChI is InChI=1S/C32H36N8O6S/c1-45-24-16-20(17-25(46-2)27(24)41)18-26-30(44)40(32(47-26)38-21-7-4-3-5-8-21)23(15-19-10-13-36-14-11-19)29(43)39-22(28(33)42)9-6-12-37-31(34)35/h3-5,7-8,10-11,13-14,16-18,22-23,41H,6,9,12,15H2,1-2H3,(H2,33,42)(H,39,43)(H4,34,35,37)/b26-18-,38-32?/t22-,23-/m0/s1. The second-order valence-corrected chi connectivity index (χ2v) is 11.3. The van der Waals surface area contributed by atoms with Gasteiger partial charge in [-0.2, -0.15) is 0 Å². The van der Waals surface area contributed by atoms with Gasteiger partial charge in [0.2, 0.25) is 17.6 Å². The molecule has 1 aliphatic rings. The van der Waals surface area contributed by atoms with E-state index < -0.39 is 29.8 Å². The van der Waals surface area contributed by atoms with E-state index in [4.69, 9.17) is 31.7 Å². The van der Waals surface area contributed by atoms with Crippen molar-refractivity contribution in [2.45, 2.75) is 31.3 Å². The number of phenolic OH excluding ortho intramolecular Hbond substituents is 1. The fraction of sp³-hybridized carbons (Fsp3) is 0.250. The number of nitrogens with zero attached hydrogens (tertiary/aromatic N) is 4. The molecule has 246 valence electrons. The van der Waals surface area contributed by atoms with Gasteiger partial charge in [-0.05, 0) is 78.2 Å². The van der Waals surface area contributed by atoms with Crippen LogP contribution in [0.15, 0.2) is 81.9 Å². The molecular weight excluding hydrogens is 624 g/mol. The zero-order chi connectivity index (χ0) is 33.9. The van der Waals surface area contributed by atoms with Crippen molar-refractivity contribution in [3.63, 3.8) is 0 Å². The van der Waals surface area contributed by atoms with Gasteiger partial charge in [-0.15, -0.1) is 0 Å². The maximum absolute atomic E-state index is 14.2. The Morgan fingerprint density at radius 2 is 1.72 bits per heavy atom. The van der Waals surface area contributed by atoms with Crippen LogP contribution in [0, 0.1) is 0 Å². The van der Waals surface area contributed by atoms with Crippen molar-refractivity contribution in [3.05, 3.63) is 83.0 Å². The first kappa shape index (κ1) is 34.3. The number of hydrogen-bond donors (Lipinski definition) is 5. The number of pyridine rings is 1. The normalized spacial score (nSPS) is 15.7. The van der Waals surface area contributed by atoms with E-state index in [0.717, 1.165) is 11.8 Å². The minimum atomic E-state index is -1.14. The first-order valence-corrected chi connectivity index (χ1v) is 15.3. The minimum absolute atomic E-state index is 0.0715. The van der Waals surface area contributed by atoms with Crippen molar-refractivity contribution in [3.8, 4) is 17.2 Å². The first-order chi connectivity index (χ1) is 22.6. The molecule has 3 amide bonds. The number of rotatable bonds is 14. The van der Waals surface area contributed by atoms with Crippen LogP contribution in [0.5, 0.6) is 17.2 Å². The smallest absolute Gasteiger partial charge is 0.267 e. The number of ether oxygens (including phenoxy) is 2. The number of aromatic hydroxyl groups is 1. The quantitative estimate of drug-likeness (QED) is 0.0733. The van der Waals surface area contributed by atoms with E-state index in [1.807, 2.05) is 6.07 Å². The molecule has 1 aromatic heterocycles. The number of amidine groups is 1. The molecule has 2 heterocycles. The van der Waals surface area contributed by atoms with Crippen LogP contribution in [0.2, 0.25) is 0 Å². The van der Waals surface area contributed by atoms with Crippen LogP contribution in [0.4, 0.5) is 5.69 Å². The molecule has 0 saturated carbocycles. The molecule has 0 spiro atoms. The van der Waals surface area contributed by atoms with Gasteiger partial charge in [-0.1, -0.05) is 18.2 Å². The fourth-order valence-electron chi connectivity index (χ4n) is 4.70. The van der Waals surface area contributed by atoms with Gasteiger partial charge < -0.3 is 37.1 Å². The number of phenols is 1. The largest absolute Gasteiger partial charge is 0.502 e. The second-order valence-electron chi connectivity index (χ2n) is 10.3. The highest BCUT2D eigenvalue weighted by atomic mass is 32.2. The molecule has 14 nitrogen and oxygen atoms in total. The number of hydrogen-bond acceptors (Lipinski definition) is 10. The van der Waals surface area contributed by atoms with Crippen LogP contribution in [0.3, 0.4) is 0 Å². The zero-order valence-corrected chi connectivity index (χ0v) is 26.6. The Morgan fingerprint density at radius 3 is 2.32 bits per heavy atom. The SMILES string of the molecule is COc1cc(/C=C2\SC(=Nc3ccccc3)N([C@@H](Cc3ccncc3)C(=O)N[C@@H](CCCN=C(N)N)C(N)=O)C2=O)cc(OC)c1O. The maximum atomic E-state index is 14.2. The summed E-state index contributed by atoms with van der Waals surface area (Å²) in [6.45, 7) is 0.235. The lowest BCUT2D eigenvalue weighted by molar-refractivity contribution is -0.134. The summed E-state index contributed by atoms with van der Waals surface area (Å²) in [5, 5.41) is 13.4. The van der Waals surface area contributed by atoms with Crippen molar-refractivity contribution in [1.82, 2.24) is 15.2 Å². The summed E-state index contributed by atoms with van der Waals surface area (Å²) in [5.41, 5.74) is 18.2. The third-order valence-electron chi connectivity index (χ3n) is 7.02. The Morgan fingerprint density at radius 1 is 1.06 bits per heavy atom. The van der Waals surface area contributed by atoms with Gasteiger partial charge in [0.05, 0.1) is 24.8 Å². The van der Waals surface area contributed by atoms with E-state index in [-0.39, 0.29) is 52.7 Å². The van der Waals surface area contributed by atoms with Crippen molar-refractivity contribution < 1.29 is 29.0 Å². The highest BCUT2D eigenvalue weighted by Crippen LogP contribution is 2.40. The molecule has 1 aliphatic heterocycles. The summed E-state index contributed by atoms with van der Waals surface area (Å²) in [5.74, 6) is -1.85. The van der Waals surface area contributed by atoms with Gasteiger partial charge >= 0.3 is 0 Å². The van der Waals surface area contributed by atoms with Crippen molar-refractivity contribution >= 4 is 52.4 Å². The zero-order valence-electron chi connectivity index (χ0n) is 25.8. The van der Waals surface area contributed by atoms with Crippen LogP contribution < -0.4 is 32.0 Å². The molecule has 0 aliphatic carbocycles. The second kappa shape index (κ2) is 16.1. The van der Waals surface area contributed by atoms with E-state index in [9.17, 15) is 19.5 Å². The number of aromatic nitrogens is 1. The molecular formula is C32H36N8O6S. The van der Waals surface area contributed by atoms with Crippen LogP contribution in [0.25, 0.3) is 6.08 Å². The van der Waals surface area contributed by atoms with Crippen LogP contribution in [-0.2, 0) is 20.8 Å². The molecule has 1 saturated heterocycles. The lowest BCUT2D eigenvalue weighted by atomic mass is 10.0. The van der Waals surface area contributed by atoms with Crippen molar-refractivity contribution in [2.24, 2.45) is 27.2 Å². The lowest BCUT2D eigenvalue weighted by Crippen LogP contribution is -2.55. The Kier molecular flexibility index (Phi) is 11.8. The topological polar surface area (TPSA) is 221 Å². The Labute approximate surface area is 275 Å². The third kappa shape index (κ3) is 9.00. The number of aliphatic imine (C=N–C) groups is 2. The summed E-state index contributed by atoms with van der Waals surface area (Å²) >= 11 is 1.07. The Bertz CT molecular complexity index is 1650. The van der Waals surface area contributed by atoms with Crippen molar-refractivity contribution in [2.75, 3.05) is 20.8 Å². The molecule has 0 unspecified atom stereocenters. The molecule has 2 atom stereocenters. The molecule has 15 heteroatoms. The summed E-state index contributed by atoms with van der Waals surface area (Å²) < 4.78 is 10.6. The molecule has 0 bridgehead atoms. The number of amides is 3. The number of para-hydroxylation sites is 1. The number of thioether (sulfide) groups is 1. The Balaban J connectivity index is 1.77. The van der Waals surface area contributed by atoms with Crippen LogP contribution in [0.1, 0.15) is 24.0 Å². The number of nitrogens with two attached hydrogens (primary N) is 3. The summed E-state index contributed by atoms with van der Waals surface area (Å²) in [6, 6.07) is 13.3. The van der Waals surface area contributed by atoms with E-state index in [1.165, 1.54) is 19.1 Å². The van der Waals surface area contributed by atoms with Crippen LogP contribution in [-0.4, -0.2) is 76.7 Å². The highest BCUT2D eigenvalue weighted by Gasteiger charge is 2.42. The molecule has 2 aromatic carbocycles. The lowest BCUT2D eigenvalue weighted by Gasteiger charge is -2.28. The molecule has 4 rings (SSSR count). The maximum Gasteiger partial charge on any atom is 0.267 e. The van der Waals surface area contributed by atoms with Gasteiger partial charge in [-0.25, -0.2) is 4.99 Å².